The SMILES string of the molecule is CC1(C)CC(=C2C=C[C@H]3[C@H]2[C@H]2C=C[C@@H]3C2=C2CC(C)(C)NC(C)(C)C2)CC(C)(C)N1. The van der Waals surface area contributed by atoms with Gasteiger partial charge in [0.15, 0.2) is 0 Å². The van der Waals surface area contributed by atoms with E-state index in [4.69, 9.17) is 0 Å². The summed E-state index contributed by atoms with van der Waals surface area (Å²) in [6.07, 6.45) is 14.9. The van der Waals surface area contributed by atoms with Gasteiger partial charge in [0.2, 0.25) is 0 Å². The third kappa shape index (κ3) is 3.39. The predicted octanol–water partition coefficient (Wildman–Crippen LogP) is 6.08. The zero-order chi connectivity index (χ0) is 21.7. The van der Waals surface area contributed by atoms with Crippen molar-refractivity contribution in [2.75, 3.05) is 0 Å². The van der Waals surface area contributed by atoms with Crippen LogP contribution in [0.2, 0.25) is 0 Å². The Balaban J connectivity index is 1.54. The summed E-state index contributed by atoms with van der Waals surface area (Å²) >= 11 is 0. The molecule has 1 saturated carbocycles. The lowest BCUT2D eigenvalue weighted by atomic mass is 9.73. The van der Waals surface area contributed by atoms with Crippen LogP contribution >= 0.6 is 0 Å². The van der Waals surface area contributed by atoms with Crippen LogP contribution < -0.4 is 10.6 Å². The quantitative estimate of drug-likeness (QED) is 0.476. The van der Waals surface area contributed by atoms with E-state index < -0.39 is 0 Å². The zero-order valence-electron chi connectivity index (χ0n) is 20.4. The average Bonchev–Trinajstić information content (AvgIpc) is 3.19. The third-order valence-corrected chi connectivity index (χ3v) is 8.11. The Morgan fingerprint density at radius 2 is 1.10 bits per heavy atom. The summed E-state index contributed by atoms with van der Waals surface area (Å²) in [5.41, 5.74) is 7.66. The van der Waals surface area contributed by atoms with Gasteiger partial charge in [0, 0.05) is 39.9 Å². The van der Waals surface area contributed by atoms with Crippen LogP contribution in [0, 0.1) is 23.7 Å². The molecule has 0 aromatic rings. The molecule has 5 rings (SSSR count). The first kappa shape index (κ1) is 20.8. The van der Waals surface area contributed by atoms with Crippen LogP contribution in [0.3, 0.4) is 0 Å². The van der Waals surface area contributed by atoms with Crippen LogP contribution in [-0.2, 0) is 0 Å². The molecule has 2 nitrogen and oxygen atoms in total. The second kappa shape index (κ2) is 6.23. The Bertz CT molecular complexity index is 854. The van der Waals surface area contributed by atoms with Crippen molar-refractivity contribution in [2.45, 2.75) is 103 Å². The van der Waals surface area contributed by atoms with Gasteiger partial charge in [0.25, 0.3) is 0 Å². The van der Waals surface area contributed by atoms with Crippen molar-refractivity contribution in [3.8, 4) is 0 Å². The summed E-state index contributed by atoms with van der Waals surface area (Å²) in [6.45, 7) is 19.0. The molecule has 3 aliphatic carbocycles. The highest BCUT2D eigenvalue weighted by molar-refractivity contribution is 5.51. The van der Waals surface area contributed by atoms with E-state index in [1.165, 1.54) is 25.7 Å². The predicted molar refractivity (Wildman–Crippen MR) is 127 cm³/mol. The van der Waals surface area contributed by atoms with E-state index >= 15 is 0 Å². The summed E-state index contributed by atoms with van der Waals surface area (Å²) in [5, 5.41) is 7.75. The number of allylic oxidation sites excluding steroid dienone is 6. The second-order valence-electron chi connectivity index (χ2n) is 13.5. The smallest absolute Gasteiger partial charge is 0.0167 e. The van der Waals surface area contributed by atoms with Crippen molar-refractivity contribution < 1.29 is 0 Å². The van der Waals surface area contributed by atoms with E-state index in [0.717, 1.165) is 0 Å². The van der Waals surface area contributed by atoms with Gasteiger partial charge in [-0.25, -0.2) is 0 Å². The molecule has 0 aromatic carbocycles. The van der Waals surface area contributed by atoms with Crippen molar-refractivity contribution in [1.29, 1.82) is 0 Å². The van der Waals surface area contributed by atoms with Crippen molar-refractivity contribution >= 4 is 0 Å². The molecule has 5 aliphatic rings. The number of hydrogen-bond acceptors (Lipinski definition) is 2. The second-order valence-corrected chi connectivity index (χ2v) is 13.5. The highest BCUT2D eigenvalue weighted by Gasteiger charge is 2.53. The Hall–Kier alpha value is -1.12. The summed E-state index contributed by atoms with van der Waals surface area (Å²) in [4.78, 5) is 0. The lowest BCUT2D eigenvalue weighted by Gasteiger charge is -2.45. The summed E-state index contributed by atoms with van der Waals surface area (Å²) in [5.74, 6) is 2.63. The molecule has 2 N–H and O–H groups in total. The molecule has 0 amide bonds. The molecular weight excluding hydrogens is 364 g/mol. The molecule has 164 valence electrons. The maximum absolute atomic E-state index is 3.88. The Morgan fingerprint density at radius 3 is 1.63 bits per heavy atom. The van der Waals surface area contributed by atoms with Gasteiger partial charge in [-0.05, 0) is 92.6 Å². The van der Waals surface area contributed by atoms with Crippen molar-refractivity contribution in [1.82, 2.24) is 10.6 Å². The fourth-order valence-corrected chi connectivity index (χ4v) is 8.25. The van der Waals surface area contributed by atoms with Gasteiger partial charge in [0.1, 0.15) is 0 Å². The van der Waals surface area contributed by atoms with Crippen LogP contribution in [0.1, 0.15) is 81.1 Å². The van der Waals surface area contributed by atoms with Crippen LogP contribution in [-0.4, -0.2) is 22.2 Å². The van der Waals surface area contributed by atoms with E-state index in [0.29, 0.717) is 23.7 Å². The average molecular weight is 407 g/mol. The van der Waals surface area contributed by atoms with Gasteiger partial charge in [-0.2, -0.15) is 0 Å². The van der Waals surface area contributed by atoms with E-state index in [9.17, 15) is 0 Å². The molecule has 3 fully saturated rings. The first-order valence-corrected chi connectivity index (χ1v) is 12.1. The summed E-state index contributed by atoms with van der Waals surface area (Å²) in [7, 11) is 0. The Labute approximate surface area is 184 Å². The molecule has 2 heteroatoms. The van der Waals surface area contributed by atoms with Gasteiger partial charge < -0.3 is 10.6 Å². The zero-order valence-corrected chi connectivity index (χ0v) is 20.4. The first-order chi connectivity index (χ1) is 13.8. The molecule has 2 saturated heterocycles. The summed E-state index contributed by atoms with van der Waals surface area (Å²) < 4.78 is 0. The number of piperidine rings is 2. The maximum Gasteiger partial charge on any atom is 0.0167 e. The highest BCUT2D eigenvalue weighted by Crippen LogP contribution is 2.61. The van der Waals surface area contributed by atoms with Crippen LogP contribution in [0.25, 0.3) is 0 Å². The van der Waals surface area contributed by atoms with Gasteiger partial charge >= 0.3 is 0 Å². The van der Waals surface area contributed by atoms with E-state index in [2.05, 4.69) is 90.3 Å². The number of fused-ring (bicyclic) bond motifs is 5. The number of hydrogen-bond donors (Lipinski definition) is 2. The van der Waals surface area contributed by atoms with Gasteiger partial charge in [-0.1, -0.05) is 41.0 Å². The van der Waals surface area contributed by atoms with E-state index in [1.807, 2.05) is 0 Å². The Kier molecular flexibility index (Phi) is 4.31. The molecule has 0 unspecified atom stereocenters. The fraction of sp³-hybridized carbons (Fsp3) is 0.714. The monoisotopic (exact) mass is 406 g/mol. The van der Waals surface area contributed by atoms with Crippen molar-refractivity contribution in [3.05, 3.63) is 46.6 Å². The molecule has 2 heterocycles. The molecule has 2 aliphatic heterocycles. The van der Waals surface area contributed by atoms with E-state index in [-0.39, 0.29) is 22.2 Å². The van der Waals surface area contributed by atoms with Crippen LogP contribution in [0.5, 0.6) is 0 Å². The minimum Gasteiger partial charge on any atom is -0.306 e. The number of rotatable bonds is 0. The topological polar surface area (TPSA) is 24.1 Å². The molecule has 0 radical (unpaired) electrons. The molecule has 0 spiro atoms. The first-order valence-electron chi connectivity index (χ1n) is 12.1. The highest BCUT2D eigenvalue weighted by atomic mass is 15.1. The Morgan fingerprint density at radius 1 is 0.633 bits per heavy atom. The molecule has 30 heavy (non-hydrogen) atoms. The van der Waals surface area contributed by atoms with E-state index in [1.54, 1.807) is 22.3 Å². The van der Waals surface area contributed by atoms with Crippen molar-refractivity contribution in [2.24, 2.45) is 23.7 Å². The normalized spacial score (nSPS) is 39.7. The third-order valence-electron chi connectivity index (χ3n) is 8.11. The molecule has 2 bridgehead atoms. The van der Waals surface area contributed by atoms with Gasteiger partial charge in [-0.3, -0.25) is 0 Å². The standard InChI is InChI=1S/C28H42N2/c1-25(2)13-17(14-26(3,4)29-25)19-9-10-21-20-11-12-22(24(19)21)23(20)18-15-27(5,6)30-28(7,8)16-18/h9-12,20-22,24,29-30H,13-16H2,1-8H3/t20-,21+,22-,24-/m0/s1. The molecule has 0 aromatic heterocycles. The molecular formula is C28H42N2. The summed E-state index contributed by atoms with van der Waals surface area (Å²) in [6, 6.07) is 0. The van der Waals surface area contributed by atoms with Gasteiger partial charge in [0.05, 0.1) is 0 Å². The van der Waals surface area contributed by atoms with Crippen LogP contribution in [0.15, 0.2) is 46.6 Å². The molecule has 4 atom stereocenters. The van der Waals surface area contributed by atoms with Crippen molar-refractivity contribution in [3.63, 3.8) is 0 Å². The van der Waals surface area contributed by atoms with Crippen LogP contribution in [0.4, 0.5) is 0 Å². The maximum atomic E-state index is 3.88. The lowest BCUT2D eigenvalue weighted by molar-refractivity contribution is 0.219. The lowest BCUT2D eigenvalue weighted by Crippen LogP contribution is -2.56. The minimum absolute atomic E-state index is 0.174. The van der Waals surface area contributed by atoms with Gasteiger partial charge in [-0.15, -0.1) is 0 Å². The fourth-order valence-electron chi connectivity index (χ4n) is 8.25. The largest absolute Gasteiger partial charge is 0.306 e. The number of nitrogens with one attached hydrogen (secondary N) is 2. The minimum atomic E-state index is 0.174.